The lowest BCUT2D eigenvalue weighted by atomic mass is 10.1. The lowest BCUT2D eigenvalue weighted by molar-refractivity contribution is -0.121. The second kappa shape index (κ2) is 8.39. The summed E-state index contributed by atoms with van der Waals surface area (Å²) in [5.74, 6) is -0.290. The molecule has 3 rings (SSSR count). The van der Waals surface area contributed by atoms with Gasteiger partial charge in [-0.25, -0.2) is 4.79 Å². The number of rotatable bonds is 5. The van der Waals surface area contributed by atoms with Crippen molar-refractivity contribution >= 4 is 11.9 Å². The van der Waals surface area contributed by atoms with Crippen molar-refractivity contribution in [2.45, 2.75) is 25.4 Å². The van der Waals surface area contributed by atoms with E-state index in [0.717, 1.165) is 30.5 Å². The van der Waals surface area contributed by atoms with Crippen molar-refractivity contribution in [3.05, 3.63) is 66.0 Å². The van der Waals surface area contributed by atoms with Crippen molar-refractivity contribution in [2.24, 2.45) is 0 Å². The Hall–Kier alpha value is -2.73. The van der Waals surface area contributed by atoms with E-state index in [2.05, 4.69) is 20.5 Å². The highest BCUT2D eigenvalue weighted by atomic mass is 16.2. The van der Waals surface area contributed by atoms with Crippen molar-refractivity contribution < 1.29 is 9.59 Å². The Morgan fingerprint density at radius 1 is 1.16 bits per heavy atom. The Morgan fingerprint density at radius 2 is 2.00 bits per heavy atom. The average Bonchev–Trinajstić information content (AvgIpc) is 3.09. The SMILES string of the molecule is O=C(CN1CCC[C@H]1c1cccnc1)NC(=O)NCc1ccccc1. The van der Waals surface area contributed by atoms with Crippen LogP contribution in [0.2, 0.25) is 0 Å². The molecule has 0 radical (unpaired) electrons. The Morgan fingerprint density at radius 3 is 2.76 bits per heavy atom. The maximum Gasteiger partial charge on any atom is 0.321 e. The van der Waals surface area contributed by atoms with Crippen LogP contribution in [0.1, 0.15) is 30.0 Å². The summed E-state index contributed by atoms with van der Waals surface area (Å²) in [7, 11) is 0. The number of likely N-dealkylation sites (tertiary alicyclic amines) is 1. The van der Waals surface area contributed by atoms with E-state index in [4.69, 9.17) is 0 Å². The molecule has 0 bridgehead atoms. The zero-order valence-electron chi connectivity index (χ0n) is 14.0. The largest absolute Gasteiger partial charge is 0.334 e. The standard InChI is InChI=1S/C19H22N4O2/c24-18(22-19(25)21-12-15-6-2-1-3-7-15)14-23-11-5-9-17(23)16-8-4-10-20-13-16/h1-4,6-8,10,13,17H,5,9,11-12,14H2,(H2,21,22,24,25)/t17-/m0/s1. The maximum atomic E-state index is 12.2. The van der Waals surface area contributed by atoms with Gasteiger partial charge in [0, 0.05) is 25.0 Å². The summed E-state index contributed by atoms with van der Waals surface area (Å²) in [5, 5.41) is 5.10. The molecule has 25 heavy (non-hydrogen) atoms. The Labute approximate surface area is 147 Å². The first-order chi connectivity index (χ1) is 12.2. The summed E-state index contributed by atoms with van der Waals surface area (Å²) in [6.45, 7) is 1.44. The molecule has 1 aliphatic heterocycles. The van der Waals surface area contributed by atoms with Gasteiger partial charge >= 0.3 is 6.03 Å². The number of urea groups is 1. The predicted octanol–water partition coefficient (Wildman–Crippen LogP) is 2.24. The number of pyridine rings is 1. The number of nitrogens with zero attached hydrogens (tertiary/aromatic N) is 2. The van der Waals surface area contributed by atoms with E-state index in [9.17, 15) is 9.59 Å². The fourth-order valence-electron chi connectivity index (χ4n) is 3.14. The molecule has 2 heterocycles. The molecule has 1 aromatic heterocycles. The van der Waals surface area contributed by atoms with Crippen LogP contribution < -0.4 is 10.6 Å². The van der Waals surface area contributed by atoms with Crippen LogP contribution in [0, 0.1) is 0 Å². The normalized spacial score (nSPS) is 17.2. The van der Waals surface area contributed by atoms with Crippen LogP contribution in [0.4, 0.5) is 4.79 Å². The number of amides is 3. The number of carbonyl (C=O) groups excluding carboxylic acids is 2. The van der Waals surface area contributed by atoms with Gasteiger partial charge in [-0.3, -0.25) is 20.0 Å². The minimum absolute atomic E-state index is 0.187. The molecule has 6 nitrogen and oxygen atoms in total. The molecule has 1 aromatic carbocycles. The number of hydrogen-bond donors (Lipinski definition) is 2. The van der Waals surface area contributed by atoms with Gasteiger partial charge in [-0.15, -0.1) is 0 Å². The van der Waals surface area contributed by atoms with Crippen LogP contribution in [-0.2, 0) is 11.3 Å². The van der Waals surface area contributed by atoms with Gasteiger partial charge < -0.3 is 5.32 Å². The highest BCUT2D eigenvalue weighted by Gasteiger charge is 2.27. The number of benzene rings is 1. The lowest BCUT2D eigenvalue weighted by Crippen LogP contribution is -2.44. The van der Waals surface area contributed by atoms with Crippen LogP contribution in [0.25, 0.3) is 0 Å². The highest BCUT2D eigenvalue weighted by molar-refractivity contribution is 5.95. The first kappa shape index (κ1) is 17.1. The van der Waals surface area contributed by atoms with Gasteiger partial charge in [0.25, 0.3) is 0 Å². The van der Waals surface area contributed by atoms with Gasteiger partial charge in [-0.1, -0.05) is 36.4 Å². The minimum Gasteiger partial charge on any atom is -0.334 e. The summed E-state index contributed by atoms with van der Waals surface area (Å²) >= 11 is 0. The smallest absolute Gasteiger partial charge is 0.321 e. The molecule has 2 aromatic rings. The van der Waals surface area contributed by atoms with Crippen molar-refractivity contribution in [1.82, 2.24) is 20.5 Å². The third kappa shape index (κ3) is 4.87. The van der Waals surface area contributed by atoms with E-state index in [-0.39, 0.29) is 18.5 Å². The van der Waals surface area contributed by atoms with Gasteiger partial charge in [0.05, 0.1) is 6.54 Å². The van der Waals surface area contributed by atoms with Crippen molar-refractivity contribution in [3.63, 3.8) is 0 Å². The van der Waals surface area contributed by atoms with E-state index in [1.807, 2.05) is 48.7 Å². The van der Waals surface area contributed by atoms with Crippen molar-refractivity contribution in [2.75, 3.05) is 13.1 Å². The Kier molecular flexibility index (Phi) is 5.74. The molecule has 0 spiro atoms. The molecule has 1 fully saturated rings. The molecule has 2 N–H and O–H groups in total. The van der Waals surface area contributed by atoms with Crippen molar-refractivity contribution in [1.29, 1.82) is 0 Å². The number of imide groups is 1. The molecule has 130 valence electrons. The summed E-state index contributed by atoms with van der Waals surface area (Å²) in [6.07, 6.45) is 5.62. The average molecular weight is 338 g/mol. The molecular weight excluding hydrogens is 316 g/mol. The quantitative estimate of drug-likeness (QED) is 0.877. The second-order valence-electron chi connectivity index (χ2n) is 6.13. The van der Waals surface area contributed by atoms with Gasteiger partial charge in [0.1, 0.15) is 0 Å². The second-order valence-corrected chi connectivity index (χ2v) is 6.13. The molecule has 0 unspecified atom stereocenters. The van der Waals surface area contributed by atoms with Gasteiger partial charge in [0.15, 0.2) is 0 Å². The van der Waals surface area contributed by atoms with E-state index in [0.29, 0.717) is 6.54 Å². The summed E-state index contributed by atoms with van der Waals surface area (Å²) in [5.41, 5.74) is 2.10. The summed E-state index contributed by atoms with van der Waals surface area (Å²) < 4.78 is 0. The first-order valence-corrected chi connectivity index (χ1v) is 8.48. The number of aromatic nitrogens is 1. The minimum atomic E-state index is -0.467. The fraction of sp³-hybridized carbons (Fsp3) is 0.316. The lowest BCUT2D eigenvalue weighted by Gasteiger charge is -2.23. The predicted molar refractivity (Wildman–Crippen MR) is 94.6 cm³/mol. The monoisotopic (exact) mass is 338 g/mol. The van der Waals surface area contributed by atoms with Crippen molar-refractivity contribution in [3.8, 4) is 0 Å². The molecule has 0 aliphatic carbocycles. The van der Waals surface area contributed by atoms with Gasteiger partial charge in [0.2, 0.25) is 5.91 Å². The zero-order chi connectivity index (χ0) is 17.5. The maximum absolute atomic E-state index is 12.2. The molecule has 0 saturated carbocycles. The molecule has 3 amide bonds. The zero-order valence-corrected chi connectivity index (χ0v) is 14.0. The van der Waals surface area contributed by atoms with Crippen LogP contribution in [0.15, 0.2) is 54.9 Å². The van der Waals surface area contributed by atoms with Gasteiger partial charge in [-0.2, -0.15) is 0 Å². The Bertz CT molecular complexity index is 706. The Balaban J connectivity index is 1.47. The van der Waals surface area contributed by atoms with Crippen LogP contribution >= 0.6 is 0 Å². The summed E-state index contributed by atoms with van der Waals surface area (Å²) in [6, 6.07) is 13.2. The van der Waals surface area contributed by atoms with Gasteiger partial charge in [-0.05, 0) is 36.6 Å². The van der Waals surface area contributed by atoms with E-state index in [1.54, 1.807) is 6.20 Å². The topological polar surface area (TPSA) is 74.3 Å². The number of nitrogens with one attached hydrogen (secondary N) is 2. The van der Waals surface area contributed by atoms with Crippen LogP contribution in [0.5, 0.6) is 0 Å². The van der Waals surface area contributed by atoms with E-state index < -0.39 is 6.03 Å². The first-order valence-electron chi connectivity index (χ1n) is 8.48. The highest BCUT2D eigenvalue weighted by Crippen LogP contribution is 2.30. The molecule has 1 atom stereocenters. The third-order valence-electron chi connectivity index (χ3n) is 4.33. The van der Waals surface area contributed by atoms with E-state index in [1.165, 1.54) is 0 Å². The van der Waals surface area contributed by atoms with Crippen LogP contribution in [-0.4, -0.2) is 34.9 Å². The summed E-state index contributed by atoms with van der Waals surface area (Å²) in [4.78, 5) is 30.3. The molecule has 1 saturated heterocycles. The van der Waals surface area contributed by atoms with Crippen LogP contribution in [0.3, 0.4) is 0 Å². The number of hydrogen-bond acceptors (Lipinski definition) is 4. The molecule has 6 heteroatoms. The fourth-order valence-corrected chi connectivity index (χ4v) is 3.14. The molecule has 1 aliphatic rings. The third-order valence-corrected chi connectivity index (χ3v) is 4.33. The molecular formula is C19H22N4O2. The van der Waals surface area contributed by atoms with E-state index >= 15 is 0 Å². The number of carbonyl (C=O) groups is 2.